The molecule has 0 bridgehead atoms. The summed E-state index contributed by atoms with van der Waals surface area (Å²) in [6.45, 7) is 0. The van der Waals surface area contributed by atoms with Crippen LogP contribution < -0.4 is 15.0 Å². The van der Waals surface area contributed by atoms with Crippen molar-refractivity contribution >= 4 is 22.8 Å². The van der Waals surface area contributed by atoms with Crippen LogP contribution >= 0.6 is 0 Å². The molecule has 0 spiro atoms. The maximum Gasteiger partial charge on any atom is 0.360 e. The van der Waals surface area contributed by atoms with Crippen LogP contribution in [-0.4, -0.2) is 26.5 Å². The van der Waals surface area contributed by atoms with Gasteiger partial charge < -0.3 is 24.0 Å². The number of hydrogen-bond acceptors (Lipinski definition) is 5. The van der Waals surface area contributed by atoms with Crippen LogP contribution in [0, 0.1) is 0 Å². The molecule has 0 saturated carbocycles. The smallest absolute Gasteiger partial charge is 0.360 e. The van der Waals surface area contributed by atoms with Gasteiger partial charge in [-0.1, -0.05) is 12.1 Å². The lowest BCUT2D eigenvalue weighted by molar-refractivity contribution is 0.0676. The third kappa shape index (κ3) is 2.96. The Morgan fingerprint density at radius 2 is 1.39 bits per heavy atom. The van der Waals surface area contributed by atoms with Crippen molar-refractivity contribution in [2.75, 3.05) is 0 Å². The molecule has 28 heavy (non-hydrogen) atoms. The lowest BCUT2D eigenvalue weighted by Gasteiger charge is -2.14. The summed E-state index contributed by atoms with van der Waals surface area (Å²) < 4.78 is 12.2. The van der Waals surface area contributed by atoms with Gasteiger partial charge in [0.1, 0.15) is 11.4 Å². The van der Waals surface area contributed by atoms with Crippen LogP contribution in [0.25, 0.3) is 10.9 Å². The molecular formula is C20H15N3O5. The van der Waals surface area contributed by atoms with Gasteiger partial charge in [0, 0.05) is 24.8 Å². The molecule has 0 aliphatic heterocycles. The second-order valence-corrected chi connectivity index (χ2v) is 5.99. The number of pyridine rings is 1. The van der Waals surface area contributed by atoms with Gasteiger partial charge in [0.05, 0.1) is 5.52 Å². The van der Waals surface area contributed by atoms with E-state index < -0.39 is 17.5 Å². The van der Waals surface area contributed by atoms with E-state index in [-0.39, 0.29) is 22.9 Å². The lowest BCUT2D eigenvalue weighted by Crippen LogP contribution is -2.24. The second kappa shape index (κ2) is 6.92. The third-order valence-electron chi connectivity index (χ3n) is 4.24. The number of ether oxygens (including phenoxy) is 2. The van der Waals surface area contributed by atoms with E-state index in [9.17, 15) is 14.4 Å². The quantitative estimate of drug-likeness (QED) is 0.532. The number of rotatable bonds is 4. The molecule has 1 aromatic carbocycles. The zero-order chi connectivity index (χ0) is 19.7. The SMILES string of the molecule is Cn1c(=O)c(OC(=O)c2ccc[nH]2)c(OC(=O)c2ccc[nH]2)c2ccccc21. The van der Waals surface area contributed by atoms with Gasteiger partial charge in [-0.25, -0.2) is 9.59 Å². The van der Waals surface area contributed by atoms with Crippen molar-refractivity contribution in [3.63, 3.8) is 0 Å². The van der Waals surface area contributed by atoms with Gasteiger partial charge in [0.25, 0.3) is 5.56 Å². The molecule has 4 rings (SSSR count). The molecule has 0 fully saturated rings. The predicted octanol–water partition coefficient (Wildman–Crippen LogP) is 2.63. The van der Waals surface area contributed by atoms with Crippen molar-refractivity contribution in [1.82, 2.24) is 14.5 Å². The first kappa shape index (κ1) is 17.3. The Morgan fingerprint density at radius 3 is 1.96 bits per heavy atom. The largest absolute Gasteiger partial charge is 0.417 e. The molecule has 8 heteroatoms. The first-order chi connectivity index (χ1) is 13.6. The lowest BCUT2D eigenvalue weighted by atomic mass is 10.2. The average molecular weight is 377 g/mol. The van der Waals surface area contributed by atoms with Gasteiger partial charge in [-0.3, -0.25) is 4.79 Å². The van der Waals surface area contributed by atoms with Crippen LogP contribution in [0.2, 0.25) is 0 Å². The van der Waals surface area contributed by atoms with E-state index in [4.69, 9.17) is 9.47 Å². The van der Waals surface area contributed by atoms with E-state index in [0.717, 1.165) is 0 Å². The highest BCUT2D eigenvalue weighted by atomic mass is 16.6. The molecule has 3 aromatic heterocycles. The number of nitrogens with zero attached hydrogens (tertiary/aromatic N) is 1. The van der Waals surface area contributed by atoms with Crippen molar-refractivity contribution in [3.05, 3.63) is 82.7 Å². The molecule has 2 N–H and O–H groups in total. The molecule has 4 aromatic rings. The summed E-state index contributed by atoms with van der Waals surface area (Å²) in [5.74, 6) is -1.95. The highest BCUT2D eigenvalue weighted by Gasteiger charge is 2.24. The summed E-state index contributed by atoms with van der Waals surface area (Å²) in [7, 11) is 1.55. The molecule has 8 nitrogen and oxygen atoms in total. The summed E-state index contributed by atoms with van der Waals surface area (Å²) >= 11 is 0. The number of H-pyrrole nitrogens is 2. The van der Waals surface area contributed by atoms with Crippen LogP contribution in [0.1, 0.15) is 21.0 Å². The fourth-order valence-corrected chi connectivity index (χ4v) is 2.84. The summed E-state index contributed by atoms with van der Waals surface area (Å²) in [6, 6.07) is 13.2. The Hall–Kier alpha value is -4.07. The maximum absolute atomic E-state index is 12.9. The van der Waals surface area contributed by atoms with Crippen molar-refractivity contribution in [3.8, 4) is 11.5 Å². The van der Waals surface area contributed by atoms with Crippen LogP contribution in [0.15, 0.2) is 65.7 Å². The van der Waals surface area contributed by atoms with Gasteiger partial charge in [-0.15, -0.1) is 0 Å². The van der Waals surface area contributed by atoms with Gasteiger partial charge in [-0.05, 0) is 36.4 Å². The molecule has 0 saturated heterocycles. The molecular weight excluding hydrogens is 362 g/mol. The van der Waals surface area contributed by atoms with E-state index in [1.54, 1.807) is 55.8 Å². The molecule has 0 atom stereocenters. The number of hydrogen-bond donors (Lipinski definition) is 2. The topological polar surface area (TPSA) is 106 Å². The minimum atomic E-state index is -0.769. The Bertz CT molecular complexity index is 1220. The maximum atomic E-state index is 12.9. The van der Waals surface area contributed by atoms with Crippen molar-refractivity contribution < 1.29 is 19.1 Å². The second-order valence-electron chi connectivity index (χ2n) is 5.99. The number of fused-ring (bicyclic) bond motifs is 1. The highest BCUT2D eigenvalue weighted by Crippen LogP contribution is 2.33. The van der Waals surface area contributed by atoms with Gasteiger partial charge in [-0.2, -0.15) is 0 Å². The Kier molecular flexibility index (Phi) is 4.29. The van der Waals surface area contributed by atoms with E-state index >= 15 is 0 Å². The molecule has 140 valence electrons. The zero-order valence-electron chi connectivity index (χ0n) is 14.8. The number of carbonyl (C=O) groups excluding carboxylic acids is 2. The van der Waals surface area contributed by atoms with Crippen LogP contribution in [0.3, 0.4) is 0 Å². The van der Waals surface area contributed by atoms with Crippen LogP contribution in [-0.2, 0) is 7.05 Å². The number of aromatic amines is 2. The van der Waals surface area contributed by atoms with Crippen molar-refractivity contribution in [1.29, 1.82) is 0 Å². The predicted molar refractivity (Wildman–Crippen MR) is 101 cm³/mol. The molecule has 0 unspecified atom stereocenters. The normalized spacial score (nSPS) is 10.8. The average Bonchev–Trinajstić information content (AvgIpc) is 3.42. The summed E-state index contributed by atoms with van der Waals surface area (Å²) in [4.78, 5) is 43.2. The fourth-order valence-electron chi connectivity index (χ4n) is 2.84. The molecule has 0 radical (unpaired) electrons. The number of benzene rings is 1. The summed E-state index contributed by atoms with van der Waals surface area (Å²) in [6.07, 6.45) is 3.13. The zero-order valence-corrected chi connectivity index (χ0v) is 14.8. The van der Waals surface area contributed by atoms with Gasteiger partial charge >= 0.3 is 11.9 Å². The standard InChI is InChI=1S/C20H15N3O5/c1-23-15-9-3-2-6-12(15)16(27-19(25)13-7-4-10-21-13)17(18(23)24)28-20(26)14-8-5-11-22-14/h2-11,21-22H,1H3. The number of para-hydroxylation sites is 1. The fraction of sp³-hybridized carbons (Fsp3) is 0.0500. The van der Waals surface area contributed by atoms with E-state index in [1.165, 1.54) is 16.7 Å². The van der Waals surface area contributed by atoms with E-state index in [1.807, 2.05) is 0 Å². The van der Waals surface area contributed by atoms with Crippen LogP contribution in [0.5, 0.6) is 11.5 Å². The minimum Gasteiger partial charge on any atom is -0.417 e. The van der Waals surface area contributed by atoms with Crippen molar-refractivity contribution in [2.24, 2.45) is 7.05 Å². The van der Waals surface area contributed by atoms with E-state index in [2.05, 4.69) is 9.97 Å². The summed E-state index contributed by atoms with van der Waals surface area (Å²) in [5.41, 5.74) is 0.289. The monoisotopic (exact) mass is 377 g/mol. The number of aryl methyl sites for hydroxylation is 1. The first-order valence-electron chi connectivity index (χ1n) is 8.39. The van der Waals surface area contributed by atoms with Crippen LogP contribution in [0.4, 0.5) is 0 Å². The third-order valence-corrected chi connectivity index (χ3v) is 4.24. The van der Waals surface area contributed by atoms with Gasteiger partial charge in [0.2, 0.25) is 5.75 Å². The number of nitrogens with one attached hydrogen (secondary N) is 2. The number of esters is 2. The van der Waals surface area contributed by atoms with E-state index in [0.29, 0.717) is 10.9 Å². The molecule has 0 amide bonds. The molecule has 0 aliphatic rings. The summed E-state index contributed by atoms with van der Waals surface area (Å²) in [5, 5.41) is 0.457. The van der Waals surface area contributed by atoms with Crippen molar-refractivity contribution in [2.45, 2.75) is 0 Å². The first-order valence-corrected chi connectivity index (χ1v) is 8.39. The minimum absolute atomic E-state index is 0.113. The highest BCUT2D eigenvalue weighted by molar-refractivity contribution is 5.96. The molecule has 0 aliphatic carbocycles. The number of carbonyl (C=O) groups is 2. The van der Waals surface area contributed by atoms with Gasteiger partial charge in [0.15, 0.2) is 5.75 Å². The molecule has 3 heterocycles. The number of aromatic nitrogens is 3. The Morgan fingerprint density at radius 1 is 0.821 bits per heavy atom. The Balaban J connectivity index is 1.86. The Labute approximate surface area is 158 Å².